The number of halogens is 1. The van der Waals surface area contributed by atoms with Gasteiger partial charge in [0.25, 0.3) is 0 Å². The fraction of sp³-hybridized carbons (Fsp3) is 0.538. The van der Waals surface area contributed by atoms with Crippen molar-refractivity contribution in [3.63, 3.8) is 0 Å². The lowest BCUT2D eigenvalue weighted by molar-refractivity contribution is 0.570. The Balaban J connectivity index is 3.09. The van der Waals surface area contributed by atoms with E-state index >= 15 is 0 Å². The van der Waals surface area contributed by atoms with Gasteiger partial charge in [0.1, 0.15) is 4.90 Å². The molecule has 1 aromatic carbocycles. The first-order chi connectivity index (χ1) is 9.13. The molecule has 0 aromatic heterocycles. The molecular formula is C13H20ClNO3S2. The summed E-state index contributed by atoms with van der Waals surface area (Å²) in [5, 5.41) is 0.187. The second kappa shape index (κ2) is 7.02. The van der Waals surface area contributed by atoms with E-state index in [2.05, 4.69) is 4.72 Å². The quantitative estimate of drug-likeness (QED) is 0.867. The molecule has 1 N–H and O–H groups in total. The van der Waals surface area contributed by atoms with E-state index in [1.54, 1.807) is 19.1 Å². The lowest BCUT2D eigenvalue weighted by Crippen LogP contribution is -2.36. The summed E-state index contributed by atoms with van der Waals surface area (Å²) in [5.74, 6) is 0.475. The molecule has 0 aliphatic rings. The van der Waals surface area contributed by atoms with Crippen LogP contribution in [0.15, 0.2) is 23.1 Å². The molecule has 0 radical (unpaired) electrons. The molecule has 0 amide bonds. The minimum absolute atomic E-state index is 0.0686. The Bertz CT molecular complexity index is 600. The van der Waals surface area contributed by atoms with Gasteiger partial charge in [-0.1, -0.05) is 31.5 Å². The van der Waals surface area contributed by atoms with Crippen LogP contribution in [0.4, 0.5) is 0 Å². The standard InChI is InChI=1S/C13H20ClNO3S2/c1-9(2)11-5-6-12(14)13(7-11)20(17,18)15-10(3)8-19(4)16/h5-7,9-10,15H,8H2,1-4H3. The van der Waals surface area contributed by atoms with Gasteiger partial charge in [-0.15, -0.1) is 0 Å². The van der Waals surface area contributed by atoms with Crippen molar-refractivity contribution in [2.24, 2.45) is 0 Å². The van der Waals surface area contributed by atoms with Gasteiger partial charge in [-0.05, 0) is 30.5 Å². The SMILES string of the molecule is CC(CS(C)=O)NS(=O)(=O)c1cc(C(C)C)ccc1Cl. The molecular weight excluding hydrogens is 318 g/mol. The maximum Gasteiger partial charge on any atom is 0.242 e. The molecule has 7 heteroatoms. The van der Waals surface area contributed by atoms with Crippen molar-refractivity contribution >= 4 is 32.4 Å². The second-order valence-corrected chi connectivity index (χ2v) is 8.68. The molecule has 2 atom stereocenters. The first-order valence-electron chi connectivity index (χ1n) is 6.25. The summed E-state index contributed by atoms with van der Waals surface area (Å²) in [6, 6.07) is 4.58. The summed E-state index contributed by atoms with van der Waals surface area (Å²) in [5.41, 5.74) is 0.904. The monoisotopic (exact) mass is 337 g/mol. The van der Waals surface area contributed by atoms with Gasteiger partial charge in [-0.2, -0.15) is 0 Å². The second-order valence-electron chi connectivity index (χ2n) is 5.11. The van der Waals surface area contributed by atoms with Gasteiger partial charge in [0.2, 0.25) is 10.0 Å². The number of hydrogen-bond donors (Lipinski definition) is 1. The molecule has 0 saturated carbocycles. The van der Waals surface area contributed by atoms with E-state index in [0.29, 0.717) is 0 Å². The maximum absolute atomic E-state index is 12.3. The van der Waals surface area contributed by atoms with Crippen molar-refractivity contribution in [3.05, 3.63) is 28.8 Å². The summed E-state index contributed by atoms with van der Waals surface area (Å²) in [7, 11) is -4.77. The third-order valence-electron chi connectivity index (χ3n) is 2.75. The van der Waals surface area contributed by atoms with Crippen LogP contribution in [0.1, 0.15) is 32.3 Å². The van der Waals surface area contributed by atoms with Crippen LogP contribution in [0.25, 0.3) is 0 Å². The van der Waals surface area contributed by atoms with Crippen molar-refractivity contribution < 1.29 is 12.6 Å². The molecule has 0 aliphatic heterocycles. The number of benzene rings is 1. The molecule has 0 aliphatic carbocycles. The third kappa shape index (κ3) is 4.84. The summed E-state index contributed by atoms with van der Waals surface area (Å²) >= 11 is 6.00. The van der Waals surface area contributed by atoms with Crippen molar-refractivity contribution in [3.8, 4) is 0 Å². The van der Waals surface area contributed by atoms with Crippen LogP contribution in [-0.4, -0.2) is 30.7 Å². The van der Waals surface area contributed by atoms with Crippen LogP contribution >= 0.6 is 11.6 Å². The van der Waals surface area contributed by atoms with Gasteiger partial charge >= 0.3 is 0 Å². The third-order valence-corrected chi connectivity index (χ3v) is 5.79. The Hall–Kier alpha value is -0.430. The molecule has 0 fully saturated rings. The van der Waals surface area contributed by atoms with Gasteiger partial charge in [0, 0.05) is 28.9 Å². The molecule has 0 heterocycles. The zero-order valence-corrected chi connectivity index (χ0v) is 14.4. The average molecular weight is 338 g/mol. The first-order valence-corrected chi connectivity index (χ1v) is 9.84. The zero-order chi connectivity index (χ0) is 15.5. The van der Waals surface area contributed by atoms with Crippen LogP contribution in [0.2, 0.25) is 5.02 Å². The highest BCUT2D eigenvalue weighted by Gasteiger charge is 2.21. The van der Waals surface area contributed by atoms with Crippen molar-refractivity contribution in [2.75, 3.05) is 12.0 Å². The van der Waals surface area contributed by atoms with Gasteiger partial charge in [0.15, 0.2) is 0 Å². The minimum Gasteiger partial charge on any atom is -0.260 e. The van der Waals surface area contributed by atoms with Crippen LogP contribution in [0, 0.1) is 0 Å². The number of hydrogen-bond acceptors (Lipinski definition) is 3. The molecule has 0 bridgehead atoms. The van der Waals surface area contributed by atoms with Crippen LogP contribution < -0.4 is 4.72 Å². The highest BCUT2D eigenvalue weighted by Crippen LogP contribution is 2.26. The van der Waals surface area contributed by atoms with Gasteiger partial charge in [-0.25, -0.2) is 13.1 Å². The zero-order valence-electron chi connectivity index (χ0n) is 12.0. The molecule has 20 heavy (non-hydrogen) atoms. The Kier molecular flexibility index (Phi) is 6.19. The average Bonchev–Trinajstić information content (AvgIpc) is 2.26. The van der Waals surface area contributed by atoms with Gasteiger partial charge in [-0.3, -0.25) is 4.21 Å². The van der Waals surface area contributed by atoms with E-state index in [9.17, 15) is 12.6 Å². The van der Waals surface area contributed by atoms with Crippen molar-refractivity contribution in [1.82, 2.24) is 4.72 Å². The number of nitrogens with one attached hydrogen (secondary N) is 1. The van der Waals surface area contributed by atoms with Crippen LogP contribution in [0.5, 0.6) is 0 Å². The van der Waals surface area contributed by atoms with E-state index in [0.717, 1.165) is 5.56 Å². The fourth-order valence-electron chi connectivity index (χ4n) is 1.80. The van der Waals surface area contributed by atoms with E-state index in [-0.39, 0.29) is 21.6 Å². The predicted molar refractivity (Wildman–Crippen MR) is 84.3 cm³/mol. The highest BCUT2D eigenvalue weighted by molar-refractivity contribution is 7.89. The lowest BCUT2D eigenvalue weighted by atomic mass is 10.0. The Morgan fingerprint density at radius 3 is 2.40 bits per heavy atom. The summed E-state index contributed by atoms with van der Waals surface area (Å²) < 4.78 is 38.3. The first kappa shape index (κ1) is 17.6. The lowest BCUT2D eigenvalue weighted by Gasteiger charge is -2.15. The molecule has 2 unspecified atom stereocenters. The fourth-order valence-corrected chi connectivity index (χ4v) is 4.47. The summed E-state index contributed by atoms with van der Waals surface area (Å²) in [6.45, 7) is 5.64. The van der Waals surface area contributed by atoms with Gasteiger partial charge in [0.05, 0.1) is 5.02 Å². The molecule has 114 valence electrons. The topological polar surface area (TPSA) is 63.2 Å². The number of sulfonamides is 1. The van der Waals surface area contributed by atoms with Gasteiger partial charge < -0.3 is 0 Å². The highest BCUT2D eigenvalue weighted by atomic mass is 35.5. The molecule has 0 spiro atoms. The predicted octanol–water partition coefficient (Wildman–Crippen LogP) is 2.51. The summed E-state index contributed by atoms with van der Waals surface area (Å²) in [6.07, 6.45) is 1.54. The van der Waals surface area contributed by atoms with E-state index < -0.39 is 26.9 Å². The molecule has 1 aromatic rings. The minimum atomic E-state index is -3.71. The molecule has 4 nitrogen and oxygen atoms in total. The molecule has 0 saturated heterocycles. The van der Waals surface area contributed by atoms with Crippen molar-refractivity contribution in [1.29, 1.82) is 0 Å². The maximum atomic E-state index is 12.3. The Morgan fingerprint density at radius 2 is 1.90 bits per heavy atom. The van der Waals surface area contributed by atoms with Crippen LogP contribution in [0.3, 0.4) is 0 Å². The summed E-state index contributed by atoms with van der Waals surface area (Å²) in [4.78, 5) is 0.0686. The Labute approximate surface area is 128 Å². The number of rotatable bonds is 6. The van der Waals surface area contributed by atoms with E-state index in [4.69, 9.17) is 11.6 Å². The van der Waals surface area contributed by atoms with E-state index in [1.165, 1.54) is 6.26 Å². The normalized spacial score (nSPS) is 15.3. The van der Waals surface area contributed by atoms with E-state index in [1.807, 2.05) is 19.9 Å². The van der Waals surface area contributed by atoms with Crippen LogP contribution in [-0.2, 0) is 20.8 Å². The largest absolute Gasteiger partial charge is 0.260 e. The van der Waals surface area contributed by atoms with Crippen molar-refractivity contribution in [2.45, 2.75) is 37.6 Å². The smallest absolute Gasteiger partial charge is 0.242 e. The molecule has 1 rings (SSSR count). The Morgan fingerprint density at radius 1 is 1.30 bits per heavy atom.